The van der Waals surface area contributed by atoms with Crippen LogP contribution in [0.1, 0.15) is 37.5 Å². The van der Waals surface area contributed by atoms with Crippen LogP contribution < -0.4 is 14.4 Å². The summed E-state index contributed by atoms with van der Waals surface area (Å²) in [5.41, 5.74) is 4.41. The standard InChI is InChI=1S/C24H32N4O4/c1-17-19-7-11-28(23(29)32-24(2,3)4)10-6-18(19)16-20-21(17)27(12-14-30-20)13-15-31-22-25-8-5-9-26-22/h5,8-9,16H,6-7,10-15H2,1-4H3. The van der Waals surface area contributed by atoms with Gasteiger partial charge >= 0.3 is 12.1 Å². The van der Waals surface area contributed by atoms with Gasteiger partial charge in [-0.25, -0.2) is 14.8 Å². The number of fused-ring (bicyclic) bond motifs is 2. The highest BCUT2D eigenvalue weighted by Crippen LogP contribution is 2.39. The van der Waals surface area contributed by atoms with E-state index in [0.717, 1.165) is 37.4 Å². The molecule has 0 saturated heterocycles. The molecule has 2 aliphatic rings. The average molecular weight is 441 g/mol. The molecule has 2 aliphatic heterocycles. The van der Waals surface area contributed by atoms with E-state index in [1.54, 1.807) is 18.5 Å². The highest BCUT2D eigenvalue weighted by Gasteiger charge is 2.28. The zero-order chi connectivity index (χ0) is 22.7. The number of amides is 1. The van der Waals surface area contributed by atoms with E-state index in [-0.39, 0.29) is 6.09 Å². The lowest BCUT2D eigenvalue weighted by Crippen LogP contribution is -2.38. The fourth-order valence-corrected chi connectivity index (χ4v) is 4.29. The van der Waals surface area contributed by atoms with Gasteiger partial charge in [0, 0.05) is 25.5 Å². The highest BCUT2D eigenvalue weighted by atomic mass is 16.6. The van der Waals surface area contributed by atoms with Gasteiger partial charge in [0.2, 0.25) is 0 Å². The number of rotatable bonds is 4. The third-order valence-electron chi connectivity index (χ3n) is 5.74. The van der Waals surface area contributed by atoms with Crippen molar-refractivity contribution < 1.29 is 19.0 Å². The summed E-state index contributed by atoms with van der Waals surface area (Å²) in [5.74, 6) is 0.911. The van der Waals surface area contributed by atoms with E-state index >= 15 is 0 Å². The van der Waals surface area contributed by atoms with Crippen molar-refractivity contribution in [3.8, 4) is 11.8 Å². The lowest BCUT2D eigenvalue weighted by Gasteiger charge is -2.34. The van der Waals surface area contributed by atoms with Gasteiger partial charge in [-0.05, 0) is 69.4 Å². The third kappa shape index (κ3) is 5.06. The fraction of sp³-hybridized carbons (Fsp3) is 0.542. The van der Waals surface area contributed by atoms with E-state index in [1.807, 2.05) is 25.7 Å². The first-order valence-electron chi connectivity index (χ1n) is 11.2. The van der Waals surface area contributed by atoms with Crippen LogP contribution >= 0.6 is 0 Å². The Labute approximate surface area is 189 Å². The summed E-state index contributed by atoms with van der Waals surface area (Å²) in [5, 5.41) is 0. The Kier molecular flexibility index (Phi) is 6.39. The van der Waals surface area contributed by atoms with Crippen molar-refractivity contribution in [2.45, 2.75) is 46.1 Å². The largest absolute Gasteiger partial charge is 0.490 e. The van der Waals surface area contributed by atoms with Crippen LogP contribution in [-0.2, 0) is 17.6 Å². The molecule has 3 heterocycles. The molecule has 0 saturated carbocycles. The Bertz CT molecular complexity index is 959. The molecule has 1 aromatic heterocycles. The molecule has 0 N–H and O–H groups in total. The van der Waals surface area contributed by atoms with Gasteiger partial charge in [0.1, 0.15) is 24.6 Å². The van der Waals surface area contributed by atoms with Crippen LogP contribution in [0.15, 0.2) is 24.5 Å². The lowest BCUT2D eigenvalue weighted by atomic mass is 9.94. The molecule has 8 heteroatoms. The normalized spacial score (nSPS) is 15.9. The molecule has 0 radical (unpaired) electrons. The lowest BCUT2D eigenvalue weighted by molar-refractivity contribution is 0.0258. The number of carbonyl (C=O) groups is 1. The molecule has 0 spiro atoms. The van der Waals surface area contributed by atoms with Crippen LogP contribution in [0.5, 0.6) is 11.8 Å². The van der Waals surface area contributed by atoms with E-state index in [0.29, 0.717) is 32.3 Å². The van der Waals surface area contributed by atoms with Gasteiger partial charge in [-0.3, -0.25) is 0 Å². The first-order valence-corrected chi connectivity index (χ1v) is 11.2. The summed E-state index contributed by atoms with van der Waals surface area (Å²) in [6.45, 7) is 11.8. The topological polar surface area (TPSA) is 77.0 Å². The zero-order valence-electron chi connectivity index (χ0n) is 19.4. The fourth-order valence-electron chi connectivity index (χ4n) is 4.29. The Hall–Kier alpha value is -3.03. The van der Waals surface area contributed by atoms with Crippen LogP contribution in [0, 0.1) is 6.92 Å². The summed E-state index contributed by atoms with van der Waals surface area (Å²) >= 11 is 0. The van der Waals surface area contributed by atoms with Crippen molar-refractivity contribution in [2.24, 2.45) is 0 Å². The number of anilines is 1. The summed E-state index contributed by atoms with van der Waals surface area (Å²) in [6.07, 6.45) is 4.70. The quantitative estimate of drug-likeness (QED) is 0.721. The van der Waals surface area contributed by atoms with E-state index in [9.17, 15) is 4.79 Å². The summed E-state index contributed by atoms with van der Waals surface area (Å²) in [6, 6.07) is 4.31. The molecule has 8 nitrogen and oxygen atoms in total. The van der Waals surface area contributed by atoms with Gasteiger partial charge in [-0.15, -0.1) is 0 Å². The number of carbonyl (C=O) groups excluding carboxylic acids is 1. The molecule has 4 rings (SSSR count). The first-order chi connectivity index (χ1) is 15.3. The smallest absolute Gasteiger partial charge is 0.410 e. The molecule has 0 bridgehead atoms. The molecule has 0 aliphatic carbocycles. The monoisotopic (exact) mass is 440 g/mol. The molecule has 1 aromatic carbocycles. The van der Waals surface area contributed by atoms with Crippen LogP contribution in [0.4, 0.5) is 10.5 Å². The second kappa shape index (κ2) is 9.22. The van der Waals surface area contributed by atoms with Gasteiger partial charge in [-0.2, -0.15) is 0 Å². The summed E-state index contributed by atoms with van der Waals surface area (Å²) in [4.78, 5) is 25.0. The van der Waals surface area contributed by atoms with E-state index in [1.165, 1.54) is 16.7 Å². The molecular weight excluding hydrogens is 408 g/mol. The van der Waals surface area contributed by atoms with E-state index in [2.05, 4.69) is 27.9 Å². The minimum Gasteiger partial charge on any atom is -0.490 e. The second-order valence-corrected chi connectivity index (χ2v) is 9.17. The van der Waals surface area contributed by atoms with Crippen molar-refractivity contribution in [1.29, 1.82) is 0 Å². The molecule has 32 heavy (non-hydrogen) atoms. The summed E-state index contributed by atoms with van der Waals surface area (Å²) < 4.78 is 17.3. The van der Waals surface area contributed by atoms with Crippen LogP contribution in [0.2, 0.25) is 0 Å². The average Bonchev–Trinajstić information content (AvgIpc) is 2.96. The first kappa shape index (κ1) is 22.2. The van der Waals surface area contributed by atoms with Crippen molar-refractivity contribution in [2.75, 3.05) is 44.3 Å². The maximum atomic E-state index is 12.6. The molecule has 0 fully saturated rings. The van der Waals surface area contributed by atoms with Crippen molar-refractivity contribution in [3.63, 3.8) is 0 Å². The predicted octanol–water partition coefficient (Wildman–Crippen LogP) is 3.40. The van der Waals surface area contributed by atoms with E-state index < -0.39 is 5.60 Å². The van der Waals surface area contributed by atoms with Crippen LogP contribution in [0.25, 0.3) is 0 Å². The van der Waals surface area contributed by atoms with Gasteiger partial charge in [0.15, 0.2) is 0 Å². The van der Waals surface area contributed by atoms with Crippen molar-refractivity contribution in [3.05, 3.63) is 41.2 Å². The zero-order valence-corrected chi connectivity index (χ0v) is 19.4. The minimum atomic E-state index is -0.494. The highest BCUT2D eigenvalue weighted by molar-refractivity contribution is 5.71. The second-order valence-electron chi connectivity index (χ2n) is 9.17. The van der Waals surface area contributed by atoms with E-state index in [4.69, 9.17) is 14.2 Å². The number of hydrogen-bond acceptors (Lipinski definition) is 7. The van der Waals surface area contributed by atoms with Gasteiger partial charge in [0.05, 0.1) is 18.8 Å². The number of nitrogens with zero attached hydrogens (tertiary/aromatic N) is 4. The van der Waals surface area contributed by atoms with Crippen molar-refractivity contribution >= 4 is 11.8 Å². The molecule has 2 aromatic rings. The molecule has 0 unspecified atom stereocenters. The number of hydrogen-bond donors (Lipinski definition) is 0. The Morgan fingerprint density at radius 3 is 2.66 bits per heavy atom. The predicted molar refractivity (Wildman–Crippen MR) is 122 cm³/mol. The number of benzene rings is 1. The van der Waals surface area contributed by atoms with Gasteiger partial charge < -0.3 is 24.0 Å². The number of aromatic nitrogens is 2. The minimum absolute atomic E-state index is 0.245. The van der Waals surface area contributed by atoms with Crippen LogP contribution in [0.3, 0.4) is 0 Å². The third-order valence-corrected chi connectivity index (χ3v) is 5.74. The van der Waals surface area contributed by atoms with Crippen LogP contribution in [-0.4, -0.2) is 66.0 Å². The SMILES string of the molecule is Cc1c2c(cc3c1N(CCOc1ncccn1)CCO3)CCN(C(=O)OC(C)(C)C)CC2. The number of ether oxygens (including phenoxy) is 3. The van der Waals surface area contributed by atoms with Crippen molar-refractivity contribution in [1.82, 2.24) is 14.9 Å². The molecular formula is C24H32N4O4. The maximum Gasteiger partial charge on any atom is 0.410 e. The maximum absolute atomic E-state index is 12.6. The Balaban J connectivity index is 1.48. The Morgan fingerprint density at radius 1 is 1.16 bits per heavy atom. The van der Waals surface area contributed by atoms with Gasteiger partial charge in [-0.1, -0.05) is 0 Å². The Morgan fingerprint density at radius 2 is 1.91 bits per heavy atom. The molecule has 1 amide bonds. The molecule has 0 atom stereocenters. The molecule has 172 valence electrons. The summed E-state index contributed by atoms with van der Waals surface area (Å²) in [7, 11) is 0. The van der Waals surface area contributed by atoms with Gasteiger partial charge in [0.25, 0.3) is 0 Å².